The second-order valence-corrected chi connectivity index (χ2v) is 5.86. The third-order valence-corrected chi connectivity index (χ3v) is 3.63. The van der Waals surface area contributed by atoms with Crippen LogP contribution in [0.5, 0.6) is 0 Å². The van der Waals surface area contributed by atoms with Gasteiger partial charge in [0.25, 0.3) is 0 Å². The predicted octanol–water partition coefficient (Wildman–Crippen LogP) is 2.12. The van der Waals surface area contributed by atoms with Crippen molar-refractivity contribution < 1.29 is 14.7 Å². The van der Waals surface area contributed by atoms with Gasteiger partial charge in [0.1, 0.15) is 0 Å². The van der Waals surface area contributed by atoms with Crippen molar-refractivity contribution in [3.63, 3.8) is 0 Å². The number of rotatable bonds is 6. The van der Waals surface area contributed by atoms with Gasteiger partial charge in [0.2, 0.25) is 0 Å². The van der Waals surface area contributed by atoms with Crippen LogP contribution in [0.25, 0.3) is 0 Å². The molecule has 1 aliphatic rings. The van der Waals surface area contributed by atoms with Crippen molar-refractivity contribution in [3.05, 3.63) is 0 Å². The first kappa shape index (κ1) is 14.8. The van der Waals surface area contributed by atoms with Crippen LogP contribution in [0, 0.1) is 5.92 Å². The lowest BCUT2D eigenvalue weighted by Crippen LogP contribution is -2.52. The second-order valence-electron chi connectivity index (χ2n) is 5.86. The minimum absolute atomic E-state index is 0.0610. The summed E-state index contributed by atoms with van der Waals surface area (Å²) in [6.45, 7) is 5.70. The largest absolute Gasteiger partial charge is 0.481 e. The predicted molar refractivity (Wildman–Crippen MR) is 69.4 cm³/mol. The molecule has 0 aliphatic heterocycles. The van der Waals surface area contributed by atoms with Crippen molar-refractivity contribution in [2.45, 2.75) is 64.5 Å². The number of carboxylic acids is 1. The lowest BCUT2D eigenvalue weighted by atomic mass is 9.80. The molecule has 5 nitrogen and oxygen atoms in total. The molecule has 1 unspecified atom stereocenters. The summed E-state index contributed by atoms with van der Waals surface area (Å²) in [6, 6.07) is -0.0150. The van der Waals surface area contributed by atoms with Gasteiger partial charge >= 0.3 is 12.0 Å². The van der Waals surface area contributed by atoms with Crippen LogP contribution in [0.15, 0.2) is 0 Å². The summed E-state index contributed by atoms with van der Waals surface area (Å²) in [5.41, 5.74) is -0.498. The first-order valence-electron chi connectivity index (χ1n) is 6.60. The summed E-state index contributed by atoms with van der Waals surface area (Å²) in [5, 5.41) is 14.4. The highest BCUT2D eigenvalue weighted by Crippen LogP contribution is 2.29. The van der Waals surface area contributed by atoms with Crippen LogP contribution < -0.4 is 10.6 Å². The van der Waals surface area contributed by atoms with Crippen LogP contribution >= 0.6 is 0 Å². The minimum atomic E-state index is -0.840. The van der Waals surface area contributed by atoms with Crippen molar-refractivity contribution >= 4 is 12.0 Å². The van der Waals surface area contributed by atoms with E-state index in [4.69, 9.17) is 5.11 Å². The maximum atomic E-state index is 11.8. The lowest BCUT2D eigenvalue weighted by Gasteiger charge is -2.33. The Morgan fingerprint density at radius 3 is 2.44 bits per heavy atom. The summed E-state index contributed by atoms with van der Waals surface area (Å²) in [7, 11) is 0. The fourth-order valence-electron chi connectivity index (χ4n) is 2.09. The molecule has 1 fully saturated rings. The molecule has 104 valence electrons. The molecular weight excluding hydrogens is 232 g/mol. The van der Waals surface area contributed by atoms with E-state index >= 15 is 0 Å². The molecule has 1 rings (SSSR count). The van der Waals surface area contributed by atoms with Gasteiger partial charge in [-0.25, -0.2) is 4.79 Å². The number of urea groups is 1. The van der Waals surface area contributed by atoms with E-state index in [0.29, 0.717) is 12.3 Å². The molecule has 0 heterocycles. The molecule has 0 aromatic heterocycles. The van der Waals surface area contributed by atoms with E-state index in [-0.39, 0.29) is 18.5 Å². The number of hydrogen-bond donors (Lipinski definition) is 3. The number of hydrogen-bond acceptors (Lipinski definition) is 2. The molecule has 1 saturated carbocycles. The molecule has 1 atom stereocenters. The van der Waals surface area contributed by atoms with E-state index in [0.717, 1.165) is 0 Å². The van der Waals surface area contributed by atoms with Gasteiger partial charge in [0.05, 0.1) is 0 Å². The van der Waals surface area contributed by atoms with Crippen LogP contribution in [0.3, 0.4) is 0 Å². The zero-order valence-electron chi connectivity index (χ0n) is 11.5. The molecule has 5 heteroatoms. The number of carboxylic acid groups (broad SMARTS) is 1. The van der Waals surface area contributed by atoms with Crippen molar-refractivity contribution in [2.24, 2.45) is 5.92 Å². The van der Waals surface area contributed by atoms with Gasteiger partial charge in [-0.05, 0) is 46.0 Å². The van der Waals surface area contributed by atoms with Gasteiger partial charge in [0, 0.05) is 18.0 Å². The minimum Gasteiger partial charge on any atom is -0.481 e. The normalized spacial score (nSPS) is 17.7. The fourth-order valence-corrected chi connectivity index (χ4v) is 2.09. The Labute approximate surface area is 108 Å². The summed E-state index contributed by atoms with van der Waals surface area (Å²) >= 11 is 0. The van der Waals surface area contributed by atoms with Gasteiger partial charge in [0.15, 0.2) is 0 Å². The number of carbonyl (C=O) groups excluding carboxylic acids is 1. The van der Waals surface area contributed by atoms with Gasteiger partial charge in [-0.1, -0.05) is 6.42 Å². The first-order chi connectivity index (χ1) is 8.30. The summed E-state index contributed by atoms with van der Waals surface area (Å²) in [5.74, 6) is -0.244. The number of nitrogens with one attached hydrogen (secondary N) is 2. The van der Waals surface area contributed by atoms with Crippen LogP contribution in [0.2, 0.25) is 0 Å². The molecule has 0 spiro atoms. The summed E-state index contributed by atoms with van der Waals surface area (Å²) < 4.78 is 0. The van der Waals surface area contributed by atoms with Crippen LogP contribution in [0.1, 0.15) is 52.9 Å². The molecule has 0 aromatic rings. The van der Waals surface area contributed by atoms with Gasteiger partial charge in [-0.3, -0.25) is 4.79 Å². The Hall–Kier alpha value is -1.26. The highest BCUT2D eigenvalue weighted by molar-refractivity contribution is 5.75. The standard InChI is InChI=1S/C13H24N2O3/c1-9(10-5-4-6-10)14-12(18)15-13(2,3)8-7-11(16)17/h9-10H,4-8H2,1-3H3,(H,16,17)(H2,14,15,18). The average Bonchev–Trinajstić information content (AvgIpc) is 2.10. The quantitative estimate of drug-likeness (QED) is 0.681. The SMILES string of the molecule is CC(NC(=O)NC(C)(C)CCC(=O)O)C1CCC1. The van der Waals surface area contributed by atoms with Crippen molar-refractivity contribution in [2.75, 3.05) is 0 Å². The molecular formula is C13H24N2O3. The van der Waals surface area contributed by atoms with Crippen LogP contribution in [-0.2, 0) is 4.79 Å². The van der Waals surface area contributed by atoms with Gasteiger partial charge < -0.3 is 15.7 Å². The van der Waals surface area contributed by atoms with E-state index in [1.54, 1.807) is 0 Å². The van der Waals surface area contributed by atoms with Gasteiger partial charge in [-0.15, -0.1) is 0 Å². The maximum absolute atomic E-state index is 11.8. The monoisotopic (exact) mass is 256 g/mol. The highest BCUT2D eigenvalue weighted by atomic mass is 16.4. The van der Waals surface area contributed by atoms with E-state index in [9.17, 15) is 9.59 Å². The fraction of sp³-hybridized carbons (Fsp3) is 0.846. The maximum Gasteiger partial charge on any atom is 0.315 e. The molecule has 1 aliphatic carbocycles. The Bertz CT molecular complexity index is 311. The zero-order chi connectivity index (χ0) is 13.8. The zero-order valence-corrected chi connectivity index (χ0v) is 11.5. The molecule has 0 radical (unpaired) electrons. The molecule has 0 bridgehead atoms. The lowest BCUT2D eigenvalue weighted by molar-refractivity contribution is -0.137. The van der Waals surface area contributed by atoms with E-state index in [1.165, 1.54) is 19.3 Å². The Balaban J connectivity index is 2.30. The molecule has 18 heavy (non-hydrogen) atoms. The van der Waals surface area contributed by atoms with Crippen LogP contribution in [-0.4, -0.2) is 28.7 Å². The van der Waals surface area contributed by atoms with E-state index < -0.39 is 11.5 Å². The topological polar surface area (TPSA) is 78.4 Å². The Morgan fingerprint density at radius 1 is 1.39 bits per heavy atom. The van der Waals surface area contributed by atoms with Gasteiger partial charge in [-0.2, -0.15) is 0 Å². The molecule has 0 saturated heterocycles. The summed E-state index contributed by atoms with van der Waals surface area (Å²) in [6.07, 6.45) is 4.11. The average molecular weight is 256 g/mol. The number of amides is 2. The molecule has 3 N–H and O–H groups in total. The molecule has 2 amide bonds. The number of carbonyl (C=O) groups is 2. The van der Waals surface area contributed by atoms with Crippen molar-refractivity contribution in [3.8, 4) is 0 Å². The first-order valence-corrected chi connectivity index (χ1v) is 6.60. The van der Waals surface area contributed by atoms with Crippen molar-refractivity contribution in [1.29, 1.82) is 0 Å². The third kappa shape index (κ3) is 4.94. The Morgan fingerprint density at radius 2 is 2.00 bits per heavy atom. The number of aliphatic carboxylic acids is 1. The Kier molecular flexibility index (Phi) is 4.99. The third-order valence-electron chi connectivity index (χ3n) is 3.63. The van der Waals surface area contributed by atoms with E-state index in [1.807, 2.05) is 20.8 Å². The van der Waals surface area contributed by atoms with E-state index in [2.05, 4.69) is 10.6 Å². The second kappa shape index (κ2) is 6.07. The van der Waals surface area contributed by atoms with Crippen molar-refractivity contribution in [1.82, 2.24) is 10.6 Å². The smallest absolute Gasteiger partial charge is 0.315 e. The summed E-state index contributed by atoms with van der Waals surface area (Å²) in [4.78, 5) is 22.3. The van der Waals surface area contributed by atoms with Crippen LogP contribution in [0.4, 0.5) is 4.79 Å². The molecule has 0 aromatic carbocycles. The highest BCUT2D eigenvalue weighted by Gasteiger charge is 2.27.